The largest absolute Gasteiger partial charge is 0.497 e. The average molecular weight is 462 g/mol. The molecule has 0 saturated carbocycles. The topological polar surface area (TPSA) is 38.8 Å². The van der Waals surface area contributed by atoms with Crippen LogP contribution in [0.3, 0.4) is 0 Å². The Morgan fingerprint density at radius 3 is 2.27 bits per heavy atom. The summed E-state index contributed by atoms with van der Waals surface area (Å²) in [5.41, 5.74) is 4.12. The van der Waals surface area contributed by atoms with Gasteiger partial charge in [-0.1, -0.05) is 36.4 Å². The van der Waals surface area contributed by atoms with Crippen molar-refractivity contribution in [3.05, 3.63) is 100 Å². The molecule has 0 saturated heterocycles. The summed E-state index contributed by atoms with van der Waals surface area (Å²) in [7, 11) is 3.25. The predicted octanol–water partition coefficient (Wildman–Crippen LogP) is 5.94. The number of benzene rings is 3. The van der Waals surface area contributed by atoms with E-state index in [0.717, 1.165) is 38.5 Å². The lowest BCUT2D eigenvalue weighted by molar-refractivity contribution is -0.113. The van der Waals surface area contributed by atoms with Crippen LogP contribution in [0.15, 0.2) is 88.9 Å². The molecule has 150 valence electrons. The van der Waals surface area contributed by atoms with Crippen molar-refractivity contribution in [1.29, 1.82) is 0 Å². The molecule has 4 nitrogen and oxygen atoms in total. The maximum atomic E-state index is 13.4. The Hall–Kier alpha value is -3.31. The van der Waals surface area contributed by atoms with E-state index in [1.165, 1.54) is 0 Å². The van der Waals surface area contributed by atoms with E-state index in [-0.39, 0.29) is 5.91 Å². The molecule has 0 unspecified atom stereocenters. The van der Waals surface area contributed by atoms with E-state index in [1.54, 1.807) is 19.1 Å². The normalized spacial score (nSPS) is 14.8. The standard InChI is InChI=1S/C25H20BrNO3/c1-29-21-11-9-20(10-12-21)27-23(18-6-4-3-5-7-18)16-19(25(27)28)14-17-8-13-24(30-2)22(26)15-17/h3-16H,1-2H3/b19-14+. The zero-order valence-electron chi connectivity index (χ0n) is 16.6. The molecule has 1 aliphatic rings. The molecule has 1 aliphatic heterocycles. The number of amides is 1. The average Bonchev–Trinajstić information content (AvgIpc) is 3.10. The Labute approximate surface area is 184 Å². The van der Waals surface area contributed by atoms with Gasteiger partial charge in [0.25, 0.3) is 5.91 Å². The lowest BCUT2D eigenvalue weighted by Crippen LogP contribution is -2.24. The summed E-state index contributed by atoms with van der Waals surface area (Å²) in [5.74, 6) is 1.41. The molecule has 5 heteroatoms. The highest BCUT2D eigenvalue weighted by atomic mass is 79.9. The van der Waals surface area contributed by atoms with E-state index in [9.17, 15) is 4.79 Å². The van der Waals surface area contributed by atoms with E-state index in [4.69, 9.17) is 9.47 Å². The Morgan fingerprint density at radius 1 is 0.900 bits per heavy atom. The van der Waals surface area contributed by atoms with Crippen LogP contribution in [0.5, 0.6) is 11.5 Å². The molecular weight excluding hydrogens is 442 g/mol. The zero-order valence-corrected chi connectivity index (χ0v) is 18.2. The van der Waals surface area contributed by atoms with Gasteiger partial charge in [0, 0.05) is 11.3 Å². The molecule has 1 heterocycles. The molecular formula is C25H20BrNO3. The van der Waals surface area contributed by atoms with E-state index < -0.39 is 0 Å². The molecule has 0 radical (unpaired) electrons. The molecule has 3 aromatic carbocycles. The first-order chi connectivity index (χ1) is 14.6. The summed E-state index contributed by atoms with van der Waals surface area (Å²) in [6.07, 6.45) is 3.82. The summed E-state index contributed by atoms with van der Waals surface area (Å²) < 4.78 is 11.4. The third kappa shape index (κ3) is 3.89. The van der Waals surface area contributed by atoms with Crippen LogP contribution in [0.25, 0.3) is 11.8 Å². The highest BCUT2D eigenvalue weighted by molar-refractivity contribution is 9.10. The van der Waals surface area contributed by atoms with Crippen molar-refractivity contribution >= 4 is 39.3 Å². The number of methoxy groups -OCH3 is 2. The van der Waals surface area contributed by atoms with Gasteiger partial charge in [0.05, 0.1) is 24.4 Å². The molecule has 4 rings (SSSR count). The van der Waals surface area contributed by atoms with Crippen LogP contribution in [-0.4, -0.2) is 20.1 Å². The summed E-state index contributed by atoms with van der Waals surface area (Å²) in [5, 5.41) is 0. The summed E-state index contributed by atoms with van der Waals surface area (Å²) in [6, 6.07) is 23.1. The van der Waals surface area contributed by atoms with Crippen molar-refractivity contribution in [2.45, 2.75) is 0 Å². The second-order valence-corrected chi connectivity index (χ2v) is 7.58. The molecule has 0 aromatic heterocycles. The highest BCUT2D eigenvalue weighted by Crippen LogP contribution is 2.36. The quantitative estimate of drug-likeness (QED) is 0.441. The van der Waals surface area contributed by atoms with Crippen LogP contribution < -0.4 is 14.4 Å². The number of rotatable bonds is 5. The summed E-state index contributed by atoms with van der Waals surface area (Å²) in [6.45, 7) is 0. The molecule has 0 atom stereocenters. The number of carbonyl (C=O) groups excluding carboxylic acids is 1. The Kier molecular flexibility index (Phi) is 5.72. The monoisotopic (exact) mass is 461 g/mol. The van der Waals surface area contributed by atoms with Gasteiger partial charge >= 0.3 is 0 Å². The summed E-state index contributed by atoms with van der Waals surface area (Å²) in [4.78, 5) is 15.1. The van der Waals surface area contributed by atoms with Gasteiger partial charge in [-0.2, -0.15) is 0 Å². The molecule has 0 N–H and O–H groups in total. The molecule has 3 aromatic rings. The number of ether oxygens (including phenoxy) is 2. The van der Waals surface area contributed by atoms with Crippen LogP contribution >= 0.6 is 15.9 Å². The second kappa shape index (κ2) is 8.59. The first kappa shape index (κ1) is 20.0. The molecule has 0 bridgehead atoms. The minimum absolute atomic E-state index is 0.0778. The SMILES string of the molecule is COc1ccc(N2C(=O)/C(=C/c3ccc(OC)c(Br)c3)C=C2c2ccccc2)cc1. The van der Waals surface area contributed by atoms with E-state index >= 15 is 0 Å². The molecule has 0 spiro atoms. The first-order valence-corrected chi connectivity index (χ1v) is 10.2. The van der Waals surface area contributed by atoms with E-state index in [2.05, 4.69) is 15.9 Å². The maximum Gasteiger partial charge on any atom is 0.262 e. The van der Waals surface area contributed by atoms with Crippen LogP contribution in [0.4, 0.5) is 5.69 Å². The minimum atomic E-state index is -0.0778. The zero-order chi connectivity index (χ0) is 21.1. The number of nitrogens with zero attached hydrogens (tertiary/aromatic N) is 1. The van der Waals surface area contributed by atoms with Gasteiger partial charge in [-0.25, -0.2) is 0 Å². The number of halogens is 1. The Bertz CT molecular complexity index is 1130. The fourth-order valence-corrected chi connectivity index (χ4v) is 3.93. The Morgan fingerprint density at radius 2 is 1.63 bits per heavy atom. The van der Waals surface area contributed by atoms with Crippen LogP contribution in [-0.2, 0) is 4.79 Å². The third-order valence-corrected chi connectivity index (χ3v) is 5.50. The number of hydrogen-bond donors (Lipinski definition) is 0. The minimum Gasteiger partial charge on any atom is -0.497 e. The predicted molar refractivity (Wildman–Crippen MR) is 124 cm³/mol. The third-order valence-electron chi connectivity index (χ3n) is 4.88. The van der Waals surface area contributed by atoms with Gasteiger partial charge in [-0.05, 0) is 75.6 Å². The van der Waals surface area contributed by atoms with Crippen LogP contribution in [0, 0.1) is 0 Å². The lowest BCUT2D eigenvalue weighted by atomic mass is 10.1. The van der Waals surface area contributed by atoms with Crippen molar-refractivity contribution < 1.29 is 14.3 Å². The smallest absolute Gasteiger partial charge is 0.262 e. The number of hydrogen-bond acceptors (Lipinski definition) is 3. The van der Waals surface area contributed by atoms with Gasteiger partial charge < -0.3 is 9.47 Å². The second-order valence-electron chi connectivity index (χ2n) is 6.73. The van der Waals surface area contributed by atoms with Gasteiger partial charge in [0.15, 0.2) is 0 Å². The highest BCUT2D eigenvalue weighted by Gasteiger charge is 2.30. The van der Waals surface area contributed by atoms with Crippen LogP contribution in [0.1, 0.15) is 11.1 Å². The molecule has 0 aliphatic carbocycles. The number of carbonyl (C=O) groups is 1. The van der Waals surface area contributed by atoms with Crippen molar-refractivity contribution in [3.63, 3.8) is 0 Å². The van der Waals surface area contributed by atoms with E-state index in [1.807, 2.05) is 84.9 Å². The van der Waals surface area contributed by atoms with Gasteiger partial charge in [0.2, 0.25) is 0 Å². The fourth-order valence-electron chi connectivity index (χ4n) is 3.38. The van der Waals surface area contributed by atoms with Gasteiger partial charge in [-0.15, -0.1) is 0 Å². The molecule has 30 heavy (non-hydrogen) atoms. The number of anilines is 1. The van der Waals surface area contributed by atoms with Crippen molar-refractivity contribution in [2.24, 2.45) is 0 Å². The maximum absolute atomic E-state index is 13.4. The van der Waals surface area contributed by atoms with E-state index in [0.29, 0.717) is 5.57 Å². The molecule has 0 fully saturated rings. The lowest BCUT2D eigenvalue weighted by Gasteiger charge is -2.21. The Balaban J connectivity index is 1.78. The first-order valence-electron chi connectivity index (χ1n) is 9.41. The van der Waals surface area contributed by atoms with Crippen molar-refractivity contribution in [1.82, 2.24) is 0 Å². The van der Waals surface area contributed by atoms with Gasteiger partial charge in [-0.3, -0.25) is 9.69 Å². The van der Waals surface area contributed by atoms with Crippen molar-refractivity contribution in [2.75, 3.05) is 19.1 Å². The van der Waals surface area contributed by atoms with Crippen molar-refractivity contribution in [3.8, 4) is 11.5 Å². The van der Waals surface area contributed by atoms with Crippen LogP contribution in [0.2, 0.25) is 0 Å². The summed E-state index contributed by atoms with van der Waals surface area (Å²) >= 11 is 3.51. The molecule has 1 amide bonds. The fraction of sp³-hybridized carbons (Fsp3) is 0.0800. The van der Waals surface area contributed by atoms with Gasteiger partial charge in [0.1, 0.15) is 11.5 Å².